The molecule has 0 saturated carbocycles. The second-order valence-electron chi connectivity index (χ2n) is 7.84. The van der Waals surface area contributed by atoms with Crippen LogP contribution in [0.2, 0.25) is 0 Å². The lowest BCUT2D eigenvalue weighted by molar-refractivity contribution is -0.148. The summed E-state index contributed by atoms with van der Waals surface area (Å²) in [5.41, 5.74) is 1.01. The summed E-state index contributed by atoms with van der Waals surface area (Å²) in [5, 5.41) is 11.2. The van der Waals surface area contributed by atoms with Crippen molar-refractivity contribution in [2.24, 2.45) is 7.05 Å². The van der Waals surface area contributed by atoms with Crippen LogP contribution in [0.15, 0.2) is 12.4 Å². The van der Waals surface area contributed by atoms with Gasteiger partial charge in [-0.3, -0.25) is 19.1 Å². The zero-order valence-corrected chi connectivity index (χ0v) is 18.1. The van der Waals surface area contributed by atoms with Gasteiger partial charge in [-0.1, -0.05) is 0 Å². The van der Waals surface area contributed by atoms with Crippen molar-refractivity contribution < 1.29 is 24.2 Å². The fourth-order valence-electron chi connectivity index (χ4n) is 4.02. The second-order valence-corrected chi connectivity index (χ2v) is 7.84. The quantitative estimate of drug-likeness (QED) is 0.631. The molecule has 1 aromatic heterocycles. The van der Waals surface area contributed by atoms with E-state index in [1.54, 1.807) is 4.68 Å². The summed E-state index contributed by atoms with van der Waals surface area (Å²) < 4.78 is 7.78. The largest absolute Gasteiger partial charge is 0.483 e. The van der Waals surface area contributed by atoms with E-state index in [1.807, 2.05) is 43.3 Å². The lowest BCUT2D eigenvalue weighted by Gasteiger charge is -2.42. The highest BCUT2D eigenvalue weighted by atomic mass is 16.5. The van der Waals surface area contributed by atoms with Crippen molar-refractivity contribution in [2.75, 3.05) is 46.9 Å². The number of aromatic nitrogens is 2. The SMILES string of the molecule is CN(C)C[C@@H]1OCCN(C(=O)CCCN2CCCC2=O)[C@H]1c1cnn(C)c1.O=CO. The van der Waals surface area contributed by atoms with Gasteiger partial charge in [0.05, 0.1) is 24.9 Å². The summed E-state index contributed by atoms with van der Waals surface area (Å²) in [6, 6.07) is -0.129. The molecule has 10 heteroatoms. The Morgan fingerprint density at radius 1 is 1.40 bits per heavy atom. The van der Waals surface area contributed by atoms with Gasteiger partial charge in [-0.2, -0.15) is 5.10 Å². The van der Waals surface area contributed by atoms with Gasteiger partial charge in [0.1, 0.15) is 0 Å². The normalized spacial score (nSPS) is 21.5. The smallest absolute Gasteiger partial charge is 0.290 e. The Balaban J connectivity index is 0.00000101. The van der Waals surface area contributed by atoms with Crippen LogP contribution in [-0.4, -0.2) is 101 Å². The minimum atomic E-state index is -0.250. The molecule has 1 N–H and O–H groups in total. The molecular formula is C20H33N5O5. The standard InChI is InChI=1S/C19H31N5O3.CH2O2/c1-21(2)14-16-19(15-12-20-22(3)13-15)24(10-11-27-16)18(26)7-5-9-23-8-4-6-17(23)25;2-1-3/h12-13,16,19H,4-11,14H2,1-3H3;1H,(H,2,3)/t16-,19-;/m0./s1. The van der Waals surface area contributed by atoms with Gasteiger partial charge in [0.2, 0.25) is 11.8 Å². The number of carboxylic acid groups (broad SMARTS) is 1. The van der Waals surface area contributed by atoms with Crippen molar-refractivity contribution in [3.63, 3.8) is 0 Å². The van der Waals surface area contributed by atoms with Gasteiger partial charge >= 0.3 is 0 Å². The molecule has 30 heavy (non-hydrogen) atoms. The molecule has 0 aliphatic carbocycles. The van der Waals surface area contributed by atoms with E-state index >= 15 is 0 Å². The van der Waals surface area contributed by atoms with E-state index in [2.05, 4.69) is 10.00 Å². The number of morpholine rings is 1. The predicted octanol–water partition coefficient (Wildman–Crippen LogP) is 0.354. The van der Waals surface area contributed by atoms with Gasteiger partial charge in [-0.15, -0.1) is 0 Å². The number of aryl methyl sites for hydroxylation is 1. The second kappa shape index (κ2) is 11.7. The molecule has 10 nitrogen and oxygen atoms in total. The van der Waals surface area contributed by atoms with Crippen LogP contribution in [0.4, 0.5) is 0 Å². The van der Waals surface area contributed by atoms with E-state index < -0.39 is 0 Å². The number of amides is 2. The molecule has 0 radical (unpaired) electrons. The summed E-state index contributed by atoms with van der Waals surface area (Å²) in [6.45, 7) is 3.13. The van der Waals surface area contributed by atoms with Crippen LogP contribution in [0.25, 0.3) is 0 Å². The highest BCUT2D eigenvalue weighted by Gasteiger charge is 2.37. The molecule has 2 atom stereocenters. The van der Waals surface area contributed by atoms with Crippen molar-refractivity contribution in [3.8, 4) is 0 Å². The van der Waals surface area contributed by atoms with Gasteiger partial charge in [0, 0.05) is 57.8 Å². The first-order valence-electron chi connectivity index (χ1n) is 10.3. The fraction of sp³-hybridized carbons (Fsp3) is 0.700. The van der Waals surface area contributed by atoms with E-state index in [-0.39, 0.29) is 30.4 Å². The third kappa shape index (κ3) is 6.53. The summed E-state index contributed by atoms with van der Waals surface area (Å²) in [5.74, 6) is 0.343. The number of rotatable bonds is 7. The predicted molar refractivity (Wildman–Crippen MR) is 110 cm³/mol. The molecule has 0 aromatic carbocycles. The molecule has 3 rings (SSSR count). The highest BCUT2D eigenvalue weighted by Crippen LogP contribution is 2.30. The van der Waals surface area contributed by atoms with E-state index in [0.29, 0.717) is 39.0 Å². The summed E-state index contributed by atoms with van der Waals surface area (Å²) in [7, 11) is 5.91. The average molecular weight is 424 g/mol. The zero-order valence-electron chi connectivity index (χ0n) is 18.1. The van der Waals surface area contributed by atoms with Crippen molar-refractivity contribution in [2.45, 2.75) is 37.8 Å². The van der Waals surface area contributed by atoms with Crippen LogP contribution in [-0.2, 0) is 26.2 Å². The number of likely N-dealkylation sites (N-methyl/N-ethyl adjacent to an activating group) is 1. The molecule has 2 saturated heterocycles. The first kappa shape index (κ1) is 23.8. The van der Waals surface area contributed by atoms with Crippen molar-refractivity contribution in [1.82, 2.24) is 24.5 Å². The molecule has 0 unspecified atom stereocenters. The molecular weight excluding hydrogens is 390 g/mol. The number of hydrogen-bond donors (Lipinski definition) is 1. The Morgan fingerprint density at radius 3 is 2.70 bits per heavy atom. The number of carbonyl (C=O) groups is 3. The van der Waals surface area contributed by atoms with Crippen LogP contribution in [0.5, 0.6) is 0 Å². The average Bonchev–Trinajstić information content (AvgIpc) is 3.30. The van der Waals surface area contributed by atoms with Crippen LogP contribution in [0, 0.1) is 0 Å². The number of ether oxygens (including phenoxy) is 1. The molecule has 0 bridgehead atoms. The Kier molecular flexibility index (Phi) is 9.25. The fourth-order valence-corrected chi connectivity index (χ4v) is 4.02. The van der Waals surface area contributed by atoms with Crippen LogP contribution >= 0.6 is 0 Å². The topological polar surface area (TPSA) is 108 Å². The Morgan fingerprint density at radius 2 is 2.13 bits per heavy atom. The summed E-state index contributed by atoms with van der Waals surface area (Å²) >= 11 is 0. The first-order valence-corrected chi connectivity index (χ1v) is 10.3. The first-order chi connectivity index (χ1) is 14.4. The van der Waals surface area contributed by atoms with Gasteiger partial charge < -0.3 is 24.5 Å². The lowest BCUT2D eigenvalue weighted by Crippen LogP contribution is -2.51. The minimum Gasteiger partial charge on any atom is -0.483 e. The van der Waals surface area contributed by atoms with E-state index in [0.717, 1.165) is 25.1 Å². The van der Waals surface area contributed by atoms with Crippen LogP contribution < -0.4 is 0 Å². The monoisotopic (exact) mass is 423 g/mol. The third-order valence-corrected chi connectivity index (χ3v) is 5.27. The maximum Gasteiger partial charge on any atom is 0.290 e. The van der Waals surface area contributed by atoms with E-state index in [1.165, 1.54) is 0 Å². The highest BCUT2D eigenvalue weighted by molar-refractivity contribution is 5.78. The van der Waals surface area contributed by atoms with Crippen molar-refractivity contribution in [1.29, 1.82) is 0 Å². The Labute approximate surface area is 177 Å². The molecule has 2 fully saturated rings. The maximum atomic E-state index is 13.0. The molecule has 3 heterocycles. The molecule has 1 aromatic rings. The minimum absolute atomic E-state index is 0.0814. The van der Waals surface area contributed by atoms with Crippen LogP contribution in [0.1, 0.15) is 37.3 Å². The van der Waals surface area contributed by atoms with E-state index in [4.69, 9.17) is 14.6 Å². The number of carbonyl (C=O) groups excluding carboxylic acids is 2. The summed E-state index contributed by atoms with van der Waals surface area (Å²) in [6.07, 6.45) is 6.45. The Bertz CT molecular complexity index is 708. The van der Waals surface area contributed by atoms with Gasteiger partial charge in [0.15, 0.2) is 0 Å². The number of likely N-dealkylation sites (tertiary alicyclic amines) is 1. The van der Waals surface area contributed by atoms with Crippen LogP contribution in [0.3, 0.4) is 0 Å². The van der Waals surface area contributed by atoms with Gasteiger partial charge in [0.25, 0.3) is 6.47 Å². The zero-order chi connectivity index (χ0) is 22.1. The van der Waals surface area contributed by atoms with Gasteiger partial charge in [-0.05, 0) is 26.9 Å². The van der Waals surface area contributed by atoms with E-state index in [9.17, 15) is 9.59 Å². The molecule has 2 aliphatic rings. The van der Waals surface area contributed by atoms with Gasteiger partial charge in [-0.25, -0.2) is 0 Å². The molecule has 168 valence electrons. The maximum absolute atomic E-state index is 13.0. The van der Waals surface area contributed by atoms with Crippen molar-refractivity contribution >= 4 is 18.3 Å². The summed E-state index contributed by atoms with van der Waals surface area (Å²) in [4.78, 5) is 39.0. The lowest BCUT2D eigenvalue weighted by atomic mass is 9.99. The molecule has 2 amide bonds. The number of hydrogen-bond acceptors (Lipinski definition) is 6. The van der Waals surface area contributed by atoms with Crippen molar-refractivity contribution in [3.05, 3.63) is 18.0 Å². The molecule has 0 spiro atoms. The number of nitrogens with zero attached hydrogens (tertiary/aromatic N) is 5. The third-order valence-electron chi connectivity index (χ3n) is 5.27. The Hall–Kier alpha value is -2.46. The molecule has 2 aliphatic heterocycles.